The van der Waals surface area contributed by atoms with Crippen LogP contribution in [0.25, 0.3) is 0 Å². The first-order valence-electron chi connectivity index (χ1n) is 7.10. The summed E-state index contributed by atoms with van der Waals surface area (Å²) >= 11 is 0. The fraction of sp³-hybridized carbons (Fsp3) is 0.562. The minimum atomic E-state index is 0. The van der Waals surface area contributed by atoms with Crippen molar-refractivity contribution >= 4 is 18.3 Å². The van der Waals surface area contributed by atoms with Crippen LogP contribution < -0.4 is 15.2 Å². The summed E-state index contributed by atoms with van der Waals surface area (Å²) in [6.45, 7) is 4.45. The Morgan fingerprint density at radius 3 is 2.32 bits per heavy atom. The van der Waals surface area contributed by atoms with Crippen molar-refractivity contribution in [1.82, 2.24) is 4.90 Å². The van der Waals surface area contributed by atoms with Crippen molar-refractivity contribution in [2.75, 3.05) is 21.3 Å². The number of benzene rings is 1. The van der Waals surface area contributed by atoms with Gasteiger partial charge in [0, 0.05) is 26.1 Å². The van der Waals surface area contributed by atoms with Gasteiger partial charge in [-0.1, -0.05) is 0 Å². The smallest absolute Gasteiger partial charge is 0.222 e. The first-order valence-corrected chi connectivity index (χ1v) is 7.10. The lowest BCUT2D eigenvalue weighted by Gasteiger charge is -2.20. The first kappa shape index (κ1) is 20.5. The summed E-state index contributed by atoms with van der Waals surface area (Å²) < 4.78 is 10.6. The lowest BCUT2D eigenvalue weighted by molar-refractivity contribution is -0.130. The summed E-state index contributed by atoms with van der Waals surface area (Å²) in [7, 11) is 5.02. The Hall–Kier alpha value is -1.46. The highest BCUT2D eigenvalue weighted by Crippen LogP contribution is 2.30. The van der Waals surface area contributed by atoms with Gasteiger partial charge in [0.1, 0.15) is 0 Å². The molecule has 1 rings (SSSR count). The number of rotatable bonds is 7. The number of amides is 1. The van der Waals surface area contributed by atoms with Crippen LogP contribution in [0, 0.1) is 6.92 Å². The lowest BCUT2D eigenvalue weighted by Crippen LogP contribution is -2.28. The first-order chi connectivity index (χ1) is 9.88. The zero-order chi connectivity index (χ0) is 16.0. The van der Waals surface area contributed by atoms with Gasteiger partial charge in [-0.05, 0) is 43.5 Å². The fourth-order valence-corrected chi connectivity index (χ4v) is 2.08. The van der Waals surface area contributed by atoms with Gasteiger partial charge >= 0.3 is 0 Å². The number of ether oxygens (including phenoxy) is 2. The highest BCUT2D eigenvalue weighted by molar-refractivity contribution is 5.85. The number of hydrogen-bond acceptors (Lipinski definition) is 4. The quantitative estimate of drug-likeness (QED) is 0.834. The van der Waals surface area contributed by atoms with E-state index in [2.05, 4.69) is 0 Å². The van der Waals surface area contributed by atoms with Crippen LogP contribution in [0.3, 0.4) is 0 Å². The zero-order valence-electron chi connectivity index (χ0n) is 14.0. The van der Waals surface area contributed by atoms with Gasteiger partial charge < -0.3 is 20.1 Å². The van der Waals surface area contributed by atoms with Crippen molar-refractivity contribution in [2.45, 2.75) is 39.3 Å². The van der Waals surface area contributed by atoms with E-state index in [1.54, 1.807) is 26.2 Å². The molecule has 126 valence electrons. The third-order valence-corrected chi connectivity index (χ3v) is 3.49. The molecule has 0 bridgehead atoms. The molecule has 0 radical (unpaired) electrons. The predicted octanol–water partition coefficient (Wildman–Crippen LogP) is 2.52. The molecular formula is C16H27ClN2O3. The van der Waals surface area contributed by atoms with Crippen LogP contribution in [-0.2, 0) is 11.3 Å². The monoisotopic (exact) mass is 330 g/mol. The summed E-state index contributed by atoms with van der Waals surface area (Å²) in [5.41, 5.74) is 7.80. The SMILES string of the molecule is COc1cc(C)c(CN(C)C(=O)CCC(C)N)cc1OC.Cl. The molecule has 0 spiro atoms. The van der Waals surface area contributed by atoms with Crippen LogP contribution in [0.2, 0.25) is 0 Å². The Morgan fingerprint density at radius 1 is 1.27 bits per heavy atom. The normalized spacial score (nSPS) is 11.4. The van der Waals surface area contributed by atoms with Crippen molar-refractivity contribution in [3.8, 4) is 11.5 Å². The van der Waals surface area contributed by atoms with Crippen LogP contribution in [-0.4, -0.2) is 38.1 Å². The molecule has 1 atom stereocenters. The molecule has 0 saturated heterocycles. The van der Waals surface area contributed by atoms with Gasteiger partial charge in [-0.2, -0.15) is 0 Å². The molecule has 0 saturated carbocycles. The van der Waals surface area contributed by atoms with Crippen LogP contribution >= 0.6 is 12.4 Å². The number of nitrogens with zero attached hydrogens (tertiary/aromatic N) is 1. The summed E-state index contributed by atoms with van der Waals surface area (Å²) in [4.78, 5) is 13.8. The van der Waals surface area contributed by atoms with Crippen LogP contribution in [0.15, 0.2) is 12.1 Å². The predicted molar refractivity (Wildman–Crippen MR) is 90.9 cm³/mol. The van der Waals surface area contributed by atoms with E-state index in [1.807, 2.05) is 26.0 Å². The fourth-order valence-electron chi connectivity index (χ4n) is 2.08. The van der Waals surface area contributed by atoms with E-state index in [9.17, 15) is 4.79 Å². The number of carbonyl (C=O) groups excluding carboxylic acids is 1. The molecule has 22 heavy (non-hydrogen) atoms. The number of halogens is 1. The number of hydrogen-bond donors (Lipinski definition) is 1. The molecule has 0 aliphatic heterocycles. The van der Waals surface area contributed by atoms with Crippen LogP contribution in [0.5, 0.6) is 11.5 Å². The van der Waals surface area contributed by atoms with E-state index in [4.69, 9.17) is 15.2 Å². The Kier molecular flexibility index (Phi) is 8.90. The summed E-state index contributed by atoms with van der Waals surface area (Å²) in [6, 6.07) is 3.89. The molecule has 0 aliphatic carbocycles. The van der Waals surface area contributed by atoms with E-state index in [0.717, 1.165) is 11.1 Å². The van der Waals surface area contributed by atoms with E-state index >= 15 is 0 Å². The van der Waals surface area contributed by atoms with E-state index < -0.39 is 0 Å². The molecule has 0 aliphatic rings. The van der Waals surface area contributed by atoms with Gasteiger partial charge in [0.05, 0.1) is 14.2 Å². The molecule has 0 fully saturated rings. The van der Waals surface area contributed by atoms with E-state index in [1.165, 1.54) is 0 Å². The number of methoxy groups -OCH3 is 2. The Balaban J connectivity index is 0.00000441. The van der Waals surface area contributed by atoms with Gasteiger partial charge in [-0.15, -0.1) is 12.4 Å². The summed E-state index contributed by atoms with van der Waals surface area (Å²) in [6.07, 6.45) is 1.18. The molecule has 6 heteroatoms. The highest BCUT2D eigenvalue weighted by atomic mass is 35.5. The Labute approximate surface area is 139 Å². The average Bonchev–Trinajstić information content (AvgIpc) is 2.45. The van der Waals surface area contributed by atoms with Crippen molar-refractivity contribution < 1.29 is 14.3 Å². The van der Waals surface area contributed by atoms with Crippen LogP contribution in [0.4, 0.5) is 0 Å². The third-order valence-electron chi connectivity index (χ3n) is 3.49. The standard InChI is InChI=1S/C16H26N2O3.ClH/c1-11-8-14(20-4)15(21-5)9-13(11)10-18(3)16(19)7-6-12(2)17;/h8-9,12H,6-7,10,17H2,1-5H3;1H. The molecule has 0 aromatic heterocycles. The molecule has 5 nitrogen and oxygen atoms in total. The van der Waals surface area contributed by atoms with Gasteiger partial charge in [-0.25, -0.2) is 0 Å². The largest absolute Gasteiger partial charge is 0.493 e. The van der Waals surface area contributed by atoms with Gasteiger partial charge in [0.2, 0.25) is 5.91 Å². The zero-order valence-corrected chi connectivity index (χ0v) is 14.8. The maximum atomic E-state index is 12.1. The Morgan fingerprint density at radius 2 is 1.82 bits per heavy atom. The van der Waals surface area contributed by atoms with Crippen molar-refractivity contribution in [3.05, 3.63) is 23.3 Å². The maximum absolute atomic E-state index is 12.1. The van der Waals surface area contributed by atoms with Crippen molar-refractivity contribution in [3.63, 3.8) is 0 Å². The van der Waals surface area contributed by atoms with Gasteiger partial charge in [0.15, 0.2) is 11.5 Å². The number of aryl methyl sites for hydroxylation is 1. The van der Waals surface area contributed by atoms with Gasteiger partial charge in [-0.3, -0.25) is 4.79 Å². The molecule has 2 N–H and O–H groups in total. The molecule has 1 amide bonds. The summed E-state index contributed by atoms with van der Waals surface area (Å²) in [5, 5.41) is 0. The minimum absolute atomic E-state index is 0. The molecule has 1 aromatic carbocycles. The molecule has 1 aromatic rings. The molecule has 1 unspecified atom stereocenters. The average molecular weight is 331 g/mol. The van der Waals surface area contributed by atoms with Crippen LogP contribution in [0.1, 0.15) is 30.9 Å². The molecular weight excluding hydrogens is 304 g/mol. The lowest BCUT2D eigenvalue weighted by atomic mass is 10.1. The second-order valence-corrected chi connectivity index (χ2v) is 5.40. The number of carbonyl (C=O) groups is 1. The highest BCUT2D eigenvalue weighted by Gasteiger charge is 2.14. The van der Waals surface area contributed by atoms with Crippen molar-refractivity contribution in [2.24, 2.45) is 5.73 Å². The minimum Gasteiger partial charge on any atom is -0.493 e. The number of nitrogens with two attached hydrogens (primary N) is 1. The van der Waals surface area contributed by atoms with E-state index in [0.29, 0.717) is 30.9 Å². The molecule has 0 heterocycles. The second-order valence-electron chi connectivity index (χ2n) is 5.40. The Bertz CT molecular complexity index is 493. The maximum Gasteiger partial charge on any atom is 0.222 e. The van der Waals surface area contributed by atoms with Crippen molar-refractivity contribution in [1.29, 1.82) is 0 Å². The van der Waals surface area contributed by atoms with E-state index in [-0.39, 0.29) is 24.4 Å². The third kappa shape index (κ3) is 5.73. The summed E-state index contributed by atoms with van der Waals surface area (Å²) in [5.74, 6) is 1.47. The topological polar surface area (TPSA) is 64.8 Å². The second kappa shape index (κ2) is 9.54. The van der Waals surface area contributed by atoms with Gasteiger partial charge in [0.25, 0.3) is 0 Å².